The van der Waals surface area contributed by atoms with Gasteiger partial charge in [-0.15, -0.1) is 0 Å². The Morgan fingerprint density at radius 2 is 0.571 bits per heavy atom. The maximum Gasteiger partial charge on any atom is 1.00 e. The van der Waals surface area contributed by atoms with Crippen LogP contribution < -0.4 is 88.5 Å². The molecule has 0 rings (SSSR count). The average molecular weight is 290 g/mol. The van der Waals surface area contributed by atoms with Crippen LogP contribution in [0.25, 0.3) is 0 Å². The van der Waals surface area contributed by atoms with Crippen molar-refractivity contribution < 1.29 is 108 Å². The third-order valence-corrected chi connectivity index (χ3v) is 0. The van der Waals surface area contributed by atoms with Crippen molar-refractivity contribution in [3.63, 3.8) is 0 Å². The maximum absolute atomic E-state index is 8.52. The Balaban J connectivity index is -0.00000000827. The molecule has 0 bridgehead atoms. The van der Waals surface area contributed by atoms with E-state index in [0.717, 1.165) is 0 Å². The Morgan fingerprint density at radius 3 is 0.571 bits per heavy atom. The molecule has 0 aliphatic carbocycles. The molecule has 9 nitrogen and oxygen atoms in total. The van der Waals surface area contributed by atoms with Crippen molar-refractivity contribution in [1.82, 2.24) is 0 Å². The zero-order chi connectivity index (χ0) is 10.7. The van der Waals surface area contributed by atoms with Gasteiger partial charge in [0.1, 0.15) is 0 Å². The summed E-state index contributed by atoms with van der Waals surface area (Å²) in [7, 11) is -10.9. The van der Waals surface area contributed by atoms with Crippen molar-refractivity contribution in [3.05, 3.63) is 0 Å². The quantitative estimate of drug-likeness (QED) is 0.307. The van der Waals surface area contributed by atoms with Crippen LogP contribution in [0.4, 0.5) is 0 Å². The number of hydrogen-bond donors (Lipinski definition) is 0. The fourth-order valence-corrected chi connectivity index (χ4v) is 0. The third-order valence-electron chi connectivity index (χ3n) is 0. The molecule has 0 aromatic rings. The second-order valence-electron chi connectivity index (χ2n) is 0.750. The Bertz CT molecular complexity index is 129. The predicted molar refractivity (Wildman–Crippen MR) is 31.5 cm³/mol. The summed E-state index contributed by atoms with van der Waals surface area (Å²) in [4.78, 5) is 51.1. The Morgan fingerprint density at radius 1 is 0.571 bits per heavy atom. The first-order valence-corrected chi connectivity index (χ1v) is 5.51. The minimum Gasteiger partial charge on any atom is -0.813 e. The van der Waals surface area contributed by atoms with Gasteiger partial charge >= 0.3 is 64.8 Å². The first-order chi connectivity index (χ1) is 5.20. The Kier molecular flexibility index (Phi) is 52.6. The van der Waals surface area contributed by atoms with E-state index in [2.05, 4.69) is 0 Å². The zero-order valence-electron chi connectivity index (χ0n) is 11.2. The van der Waals surface area contributed by atoms with Crippen LogP contribution in [0.15, 0.2) is 0 Å². The standard InChI is InChI=1S/2Na.3H3O3P/c;;3*1-4(2)3/h;;3*4H,(H2,1,2,3)/q2*+1;;;/p-2. The van der Waals surface area contributed by atoms with Crippen LogP contribution in [0.1, 0.15) is 5.71 Å². The smallest absolute Gasteiger partial charge is 0.813 e. The molecule has 14 heavy (non-hydrogen) atoms. The average Bonchev–Trinajstić information content (AvgIpc) is 1.54. The summed E-state index contributed by atoms with van der Waals surface area (Å²) in [6.07, 6.45) is 0. The van der Waals surface area contributed by atoms with Gasteiger partial charge in [-0.1, -0.05) is 24.8 Å². The number of rotatable bonds is 0. The molecule has 0 heterocycles. The molecule has 0 aliphatic rings. The van der Waals surface area contributed by atoms with E-state index in [-0.39, 0.29) is 64.8 Å². The van der Waals surface area contributed by atoms with E-state index < -0.39 is 24.8 Å². The molecule has 0 atom stereocenters. The van der Waals surface area contributed by atoms with Crippen LogP contribution in [0.5, 0.6) is 0 Å². The zero-order valence-corrected chi connectivity index (χ0v) is 14.2. The molecular formula is H7Na2O9P3. The van der Waals surface area contributed by atoms with Crippen LogP contribution >= 0.6 is 24.8 Å². The van der Waals surface area contributed by atoms with Crippen molar-refractivity contribution >= 4 is 24.8 Å². The summed E-state index contributed by atoms with van der Waals surface area (Å²) in [6, 6.07) is 0. The largest absolute Gasteiger partial charge is 1.00 e. The summed E-state index contributed by atoms with van der Waals surface area (Å²) in [5, 5.41) is 0. The first-order valence-electron chi connectivity index (χ1n) is 1.84. The van der Waals surface area contributed by atoms with Gasteiger partial charge in [-0.05, 0) is 0 Å². The van der Waals surface area contributed by atoms with E-state index in [9.17, 15) is 0 Å². The minimum absolute atomic E-state index is 0. The van der Waals surface area contributed by atoms with Crippen molar-refractivity contribution in [1.29, 1.82) is 0 Å². The SMILES string of the molecule is O=[PH]([O-])[O-].O=[PH]([O-])[O-].O=[PH]([O-])[O-].[H+].[H+].[H+].[H+].[Na+].[Na+]. The van der Waals surface area contributed by atoms with E-state index in [1.807, 2.05) is 0 Å². The third kappa shape index (κ3) is 435. The van der Waals surface area contributed by atoms with Crippen LogP contribution in [0, 0.1) is 0 Å². The van der Waals surface area contributed by atoms with Gasteiger partial charge in [0.15, 0.2) is 0 Å². The molecule has 0 radical (unpaired) electrons. The van der Waals surface area contributed by atoms with E-state index in [0.29, 0.717) is 0 Å². The van der Waals surface area contributed by atoms with E-state index >= 15 is 0 Å². The Hall–Kier alpha value is 2.45. The normalized spacial score (nSPS) is 7.50. The molecule has 0 saturated heterocycles. The van der Waals surface area contributed by atoms with Crippen LogP contribution in [0.2, 0.25) is 0 Å². The van der Waals surface area contributed by atoms with Gasteiger partial charge in [0.25, 0.3) is 0 Å². The van der Waals surface area contributed by atoms with Crippen LogP contribution in [0.3, 0.4) is 0 Å². The van der Waals surface area contributed by atoms with Gasteiger partial charge in [0, 0.05) is 0 Å². The van der Waals surface area contributed by atoms with Gasteiger partial charge in [0.2, 0.25) is 0 Å². The van der Waals surface area contributed by atoms with Crippen molar-refractivity contribution in [2.75, 3.05) is 0 Å². The van der Waals surface area contributed by atoms with Crippen molar-refractivity contribution in [3.8, 4) is 0 Å². The summed E-state index contributed by atoms with van der Waals surface area (Å²) >= 11 is 0. The van der Waals surface area contributed by atoms with E-state index in [1.54, 1.807) is 0 Å². The second kappa shape index (κ2) is 24.6. The fourth-order valence-electron chi connectivity index (χ4n) is 0. The summed E-state index contributed by atoms with van der Waals surface area (Å²) < 4.78 is 25.6. The first kappa shape index (κ1) is 30.0. The van der Waals surface area contributed by atoms with Crippen molar-refractivity contribution in [2.45, 2.75) is 0 Å². The summed E-state index contributed by atoms with van der Waals surface area (Å²) in [5.41, 5.74) is 0. The van der Waals surface area contributed by atoms with E-state index in [1.165, 1.54) is 0 Å². The van der Waals surface area contributed by atoms with Gasteiger partial charge in [0.05, 0.1) is 0 Å². The molecule has 0 amide bonds. The molecule has 0 N–H and O–H groups in total. The van der Waals surface area contributed by atoms with Crippen molar-refractivity contribution in [2.24, 2.45) is 0 Å². The maximum atomic E-state index is 8.52. The summed E-state index contributed by atoms with van der Waals surface area (Å²) in [6.45, 7) is 0. The van der Waals surface area contributed by atoms with Gasteiger partial charge in [-0.2, -0.15) is 0 Å². The second-order valence-corrected chi connectivity index (χ2v) is 2.25. The molecule has 0 fully saturated rings. The topological polar surface area (TPSA) is 190 Å². The fraction of sp³-hybridized carbons (Fsp3) is 0. The molecule has 14 heteroatoms. The molecular weight excluding hydrogens is 283 g/mol. The van der Waals surface area contributed by atoms with Crippen LogP contribution in [-0.4, -0.2) is 0 Å². The molecule has 0 aliphatic heterocycles. The van der Waals surface area contributed by atoms with Crippen LogP contribution in [-0.2, 0) is 13.7 Å². The number of hydrogen-bond acceptors (Lipinski definition) is 9. The van der Waals surface area contributed by atoms with E-state index in [4.69, 9.17) is 43.1 Å². The molecule has 0 aromatic carbocycles. The van der Waals surface area contributed by atoms with Gasteiger partial charge < -0.3 is 43.1 Å². The summed E-state index contributed by atoms with van der Waals surface area (Å²) in [5.74, 6) is 0. The molecule has 0 aromatic heterocycles. The van der Waals surface area contributed by atoms with Gasteiger partial charge in [-0.3, -0.25) is 0 Å². The molecule has 0 saturated carbocycles. The minimum atomic E-state index is -3.63. The Labute approximate surface area is 132 Å². The van der Waals surface area contributed by atoms with Gasteiger partial charge in [-0.25, -0.2) is 0 Å². The molecule has 78 valence electrons. The predicted octanol–water partition coefficient (Wildman–Crippen LogP) is -11.3. The monoisotopic (exact) mass is 290 g/mol. The molecule has 0 spiro atoms. The molecule has 0 unspecified atom stereocenters.